The molecule has 0 saturated carbocycles. The molecular weight excluding hydrogens is 328 g/mol. The summed E-state index contributed by atoms with van der Waals surface area (Å²) < 4.78 is 0. The lowest BCUT2D eigenvalue weighted by molar-refractivity contribution is -0.139. The Morgan fingerprint density at radius 3 is 2.96 bits per heavy atom. The standard InChI is InChI=1S/C17H17ClN4O2/c1-9(2)15(16(23)20-6-5-19)22-8-11-12(18)7-21-13-4-3-10(14(11)13)17(22)24/h3,7,9,15H,4,6,8H2,1-2H3,(H,20,23)/t15-/m1/s1. The van der Waals surface area contributed by atoms with Crippen molar-refractivity contribution < 1.29 is 9.59 Å². The normalized spacial score (nSPS) is 16.5. The fourth-order valence-electron chi connectivity index (χ4n) is 3.35. The average Bonchev–Trinajstić information content (AvgIpc) is 2.97. The molecule has 0 aromatic carbocycles. The largest absolute Gasteiger partial charge is 0.341 e. The Hall–Kier alpha value is -2.39. The third-order valence-corrected chi connectivity index (χ3v) is 4.70. The minimum Gasteiger partial charge on any atom is -0.341 e. The average molecular weight is 345 g/mol. The molecule has 1 aliphatic heterocycles. The third-order valence-electron chi connectivity index (χ3n) is 4.38. The monoisotopic (exact) mass is 344 g/mol. The van der Waals surface area contributed by atoms with Crippen molar-refractivity contribution in [3.05, 3.63) is 34.1 Å². The minimum absolute atomic E-state index is 0.0851. The van der Waals surface area contributed by atoms with E-state index in [1.54, 1.807) is 11.1 Å². The lowest BCUT2D eigenvalue weighted by Crippen LogP contribution is -2.53. The quantitative estimate of drug-likeness (QED) is 0.842. The van der Waals surface area contributed by atoms with E-state index in [1.165, 1.54) is 0 Å². The summed E-state index contributed by atoms with van der Waals surface area (Å²) in [4.78, 5) is 31.2. The van der Waals surface area contributed by atoms with Gasteiger partial charge in [-0.15, -0.1) is 0 Å². The molecule has 2 aliphatic rings. The van der Waals surface area contributed by atoms with Gasteiger partial charge in [0.05, 0.1) is 16.8 Å². The summed E-state index contributed by atoms with van der Waals surface area (Å²) in [6.45, 7) is 3.94. The maximum absolute atomic E-state index is 12.9. The SMILES string of the molecule is CC(C)[C@H](C(=O)NCC#N)N1Cc2c(Cl)cnc3c2C(=CC3)C1=O. The van der Waals surface area contributed by atoms with Crippen LogP contribution >= 0.6 is 11.6 Å². The van der Waals surface area contributed by atoms with Gasteiger partial charge < -0.3 is 10.2 Å². The number of hydrogen-bond acceptors (Lipinski definition) is 4. The van der Waals surface area contributed by atoms with Crippen molar-refractivity contribution in [1.29, 1.82) is 5.26 Å². The predicted octanol–water partition coefficient (Wildman–Crippen LogP) is 1.68. The summed E-state index contributed by atoms with van der Waals surface area (Å²) in [5.41, 5.74) is 3.08. The van der Waals surface area contributed by atoms with E-state index >= 15 is 0 Å². The molecule has 1 atom stereocenters. The van der Waals surface area contributed by atoms with Crippen molar-refractivity contribution in [2.75, 3.05) is 6.54 Å². The van der Waals surface area contributed by atoms with E-state index in [4.69, 9.17) is 16.9 Å². The molecule has 2 heterocycles. The van der Waals surface area contributed by atoms with E-state index in [0.29, 0.717) is 17.0 Å². The highest BCUT2D eigenvalue weighted by molar-refractivity contribution is 6.32. The number of allylic oxidation sites excluding steroid dienone is 1. The zero-order chi connectivity index (χ0) is 17.4. The van der Waals surface area contributed by atoms with Crippen molar-refractivity contribution in [2.24, 2.45) is 5.92 Å². The molecule has 1 aromatic heterocycles. The molecule has 1 aliphatic carbocycles. The highest BCUT2D eigenvalue weighted by Gasteiger charge is 2.40. The summed E-state index contributed by atoms with van der Waals surface area (Å²) in [5, 5.41) is 11.7. The molecule has 0 saturated heterocycles. The number of nitriles is 1. The van der Waals surface area contributed by atoms with E-state index < -0.39 is 6.04 Å². The molecule has 0 radical (unpaired) electrons. The number of carbonyl (C=O) groups is 2. The molecule has 3 rings (SSSR count). The number of halogens is 1. The Bertz CT molecular complexity index is 795. The van der Waals surface area contributed by atoms with Crippen LogP contribution in [0.15, 0.2) is 12.3 Å². The fraction of sp³-hybridized carbons (Fsp3) is 0.412. The Kier molecular flexibility index (Phi) is 4.29. The van der Waals surface area contributed by atoms with Gasteiger partial charge in [-0.1, -0.05) is 31.5 Å². The van der Waals surface area contributed by atoms with Crippen LogP contribution in [-0.2, 0) is 22.6 Å². The first-order valence-electron chi connectivity index (χ1n) is 7.78. The van der Waals surface area contributed by atoms with Crippen LogP contribution in [0.1, 0.15) is 30.7 Å². The van der Waals surface area contributed by atoms with E-state index in [9.17, 15) is 9.59 Å². The predicted molar refractivity (Wildman–Crippen MR) is 88.7 cm³/mol. The summed E-state index contributed by atoms with van der Waals surface area (Å²) in [6.07, 6.45) is 4.04. The van der Waals surface area contributed by atoms with Gasteiger partial charge in [0.15, 0.2) is 0 Å². The third kappa shape index (κ3) is 2.55. The molecular formula is C17H17ClN4O2. The molecule has 1 N–H and O–H groups in total. The van der Waals surface area contributed by atoms with Crippen molar-refractivity contribution in [3.8, 4) is 6.07 Å². The molecule has 24 heavy (non-hydrogen) atoms. The highest BCUT2D eigenvalue weighted by Crippen LogP contribution is 2.39. The zero-order valence-corrected chi connectivity index (χ0v) is 14.2. The number of carbonyl (C=O) groups excluding carboxylic acids is 2. The smallest absolute Gasteiger partial charge is 0.255 e. The Morgan fingerprint density at radius 1 is 1.54 bits per heavy atom. The number of nitrogens with one attached hydrogen (secondary N) is 1. The van der Waals surface area contributed by atoms with Gasteiger partial charge in [0, 0.05) is 35.9 Å². The lowest BCUT2D eigenvalue weighted by Gasteiger charge is -2.37. The molecule has 7 heteroatoms. The Morgan fingerprint density at radius 2 is 2.29 bits per heavy atom. The number of aromatic nitrogens is 1. The van der Waals surface area contributed by atoms with Gasteiger partial charge in [-0.2, -0.15) is 5.26 Å². The van der Waals surface area contributed by atoms with Gasteiger partial charge in [0.2, 0.25) is 5.91 Å². The van der Waals surface area contributed by atoms with Gasteiger partial charge >= 0.3 is 0 Å². The van der Waals surface area contributed by atoms with Crippen molar-refractivity contribution >= 4 is 29.0 Å². The van der Waals surface area contributed by atoms with E-state index in [-0.39, 0.29) is 30.8 Å². The van der Waals surface area contributed by atoms with Crippen molar-refractivity contribution in [1.82, 2.24) is 15.2 Å². The zero-order valence-electron chi connectivity index (χ0n) is 13.5. The molecule has 0 bridgehead atoms. The Labute approximate surface area is 145 Å². The van der Waals surface area contributed by atoms with Crippen LogP contribution in [0.5, 0.6) is 0 Å². The fourth-order valence-corrected chi connectivity index (χ4v) is 3.55. The molecule has 0 fully saturated rings. The maximum atomic E-state index is 12.9. The summed E-state index contributed by atoms with van der Waals surface area (Å²) in [5.74, 6) is -0.611. The van der Waals surface area contributed by atoms with Gasteiger partial charge in [-0.05, 0) is 5.92 Å². The van der Waals surface area contributed by atoms with Gasteiger partial charge in [-0.25, -0.2) is 0 Å². The van der Waals surface area contributed by atoms with E-state index in [2.05, 4.69) is 10.3 Å². The summed E-state index contributed by atoms with van der Waals surface area (Å²) in [7, 11) is 0. The van der Waals surface area contributed by atoms with Crippen molar-refractivity contribution in [2.45, 2.75) is 32.9 Å². The number of amides is 2. The van der Waals surface area contributed by atoms with Crippen LogP contribution in [0.3, 0.4) is 0 Å². The second-order valence-corrected chi connectivity index (χ2v) is 6.63. The lowest BCUT2D eigenvalue weighted by atomic mass is 9.92. The van der Waals surface area contributed by atoms with Crippen LogP contribution in [0, 0.1) is 17.2 Å². The topological polar surface area (TPSA) is 86.1 Å². The minimum atomic E-state index is -0.659. The number of pyridine rings is 1. The number of rotatable bonds is 4. The second kappa shape index (κ2) is 6.25. The number of hydrogen-bond donors (Lipinski definition) is 1. The van der Waals surface area contributed by atoms with Gasteiger partial charge in [0.1, 0.15) is 12.6 Å². The molecule has 124 valence electrons. The summed E-state index contributed by atoms with van der Waals surface area (Å²) in [6, 6.07) is 1.22. The van der Waals surface area contributed by atoms with E-state index in [1.807, 2.05) is 26.0 Å². The Balaban J connectivity index is 2.01. The van der Waals surface area contributed by atoms with Crippen LogP contribution in [0.25, 0.3) is 5.57 Å². The first kappa shape index (κ1) is 16.5. The maximum Gasteiger partial charge on any atom is 0.255 e. The van der Waals surface area contributed by atoms with Gasteiger partial charge in [-0.3, -0.25) is 14.6 Å². The number of nitrogens with zero attached hydrogens (tertiary/aromatic N) is 3. The molecule has 2 amide bonds. The van der Waals surface area contributed by atoms with Crippen LogP contribution in [0.2, 0.25) is 5.02 Å². The first-order chi connectivity index (χ1) is 11.5. The molecule has 6 nitrogen and oxygen atoms in total. The van der Waals surface area contributed by atoms with Crippen LogP contribution in [-0.4, -0.2) is 34.3 Å². The van der Waals surface area contributed by atoms with E-state index in [0.717, 1.165) is 16.8 Å². The highest BCUT2D eigenvalue weighted by atomic mass is 35.5. The van der Waals surface area contributed by atoms with Crippen molar-refractivity contribution in [3.63, 3.8) is 0 Å². The van der Waals surface area contributed by atoms with Crippen LogP contribution < -0.4 is 5.32 Å². The molecule has 0 unspecified atom stereocenters. The second-order valence-electron chi connectivity index (χ2n) is 6.23. The summed E-state index contributed by atoms with van der Waals surface area (Å²) >= 11 is 6.30. The van der Waals surface area contributed by atoms with Crippen LogP contribution in [0.4, 0.5) is 0 Å². The first-order valence-corrected chi connectivity index (χ1v) is 8.16. The van der Waals surface area contributed by atoms with Gasteiger partial charge in [0.25, 0.3) is 5.91 Å². The molecule has 1 aromatic rings. The molecule has 0 spiro atoms.